The number of likely N-dealkylation sites (N-methyl/N-ethyl adjacent to an activating group) is 1. The minimum atomic E-state index is -0.759. The summed E-state index contributed by atoms with van der Waals surface area (Å²) in [6.07, 6.45) is 2.02. The number of aliphatic carboxylic acids is 1. The van der Waals surface area contributed by atoms with Crippen molar-refractivity contribution in [2.24, 2.45) is 0 Å². The van der Waals surface area contributed by atoms with Gasteiger partial charge in [0.05, 0.1) is 0 Å². The number of nitrogens with zero attached hydrogens (tertiary/aromatic N) is 1. The highest BCUT2D eigenvalue weighted by molar-refractivity contribution is 7.98. The molecule has 0 aliphatic rings. The highest BCUT2D eigenvalue weighted by Crippen LogP contribution is 2.07. The van der Waals surface area contributed by atoms with E-state index >= 15 is 0 Å². The first-order valence-electron chi connectivity index (χ1n) is 3.94. The van der Waals surface area contributed by atoms with E-state index in [0.717, 1.165) is 5.75 Å². The van der Waals surface area contributed by atoms with Gasteiger partial charge in [-0.05, 0) is 27.2 Å². The number of carboxylic acids is 1. The lowest BCUT2D eigenvalue weighted by molar-refractivity contribution is -0.142. The Kier molecular flexibility index (Phi) is 5.33. The van der Waals surface area contributed by atoms with E-state index in [0.29, 0.717) is 6.04 Å². The summed E-state index contributed by atoms with van der Waals surface area (Å²) in [4.78, 5) is 12.5. The van der Waals surface area contributed by atoms with Gasteiger partial charge in [0.25, 0.3) is 0 Å². The van der Waals surface area contributed by atoms with Gasteiger partial charge in [-0.1, -0.05) is 0 Å². The van der Waals surface area contributed by atoms with Gasteiger partial charge in [-0.15, -0.1) is 0 Å². The fourth-order valence-corrected chi connectivity index (χ4v) is 1.63. The maximum atomic E-state index is 10.6. The average Bonchev–Trinajstić information content (AvgIpc) is 2.02. The predicted octanol–water partition coefficient (Wildman–Crippen LogP) is 1.14. The first-order valence-corrected chi connectivity index (χ1v) is 5.33. The first-order chi connectivity index (χ1) is 5.50. The van der Waals surface area contributed by atoms with E-state index in [1.807, 2.05) is 25.1 Å². The Hall–Kier alpha value is -0.220. The van der Waals surface area contributed by atoms with Crippen LogP contribution in [-0.4, -0.2) is 47.1 Å². The van der Waals surface area contributed by atoms with Gasteiger partial charge in [-0.25, -0.2) is 0 Å². The van der Waals surface area contributed by atoms with Crippen LogP contribution in [0.3, 0.4) is 0 Å². The summed E-state index contributed by atoms with van der Waals surface area (Å²) >= 11 is 1.73. The molecule has 3 nitrogen and oxygen atoms in total. The molecule has 0 saturated carbocycles. The predicted molar refractivity (Wildman–Crippen MR) is 52.7 cm³/mol. The van der Waals surface area contributed by atoms with Crippen molar-refractivity contribution < 1.29 is 9.90 Å². The van der Waals surface area contributed by atoms with Crippen molar-refractivity contribution in [1.82, 2.24) is 4.90 Å². The Balaban J connectivity index is 3.99. The number of hydrogen-bond acceptors (Lipinski definition) is 3. The van der Waals surface area contributed by atoms with E-state index < -0.39 is 12.0 Å². The summed E-state index contributed by atoms with van der Waals surface area (Å²) in [7, 11) is 1.85. The maximum Gasteiger partial charge on any atom is 0.320 e. The second-order valence-electron chi connectivity index (χ2n) is 2.98. The number of carboxylic acid groups (broad SMARTS) is 1. The highest BCUT2D eigenvalue weighted by atomic mass is 32.2. The molecule has 0 aromatic rings. The van der Waals surface area contributed by atoms with Gasteiger partial charge < -0.3 is 5.11 Å². The molecule has 2 unspecified atom stereocenters. The van der Waals surface area contributed by atoms with E-state index in [9.17, 15) is 4.79 Å². The van der Waals surface area contributed by atoms with Gasteiger partial charge >= 0.3 is 5.97 Å². The summed E-state index contributed by atoms with van der Waals surface area (Å²) in [5.74, 6) is 0.208. The molecule has 0 bridgehead atoms. The zero-order valence-corrected chi connectivity index (χ0v) is 8.89. The van der Waals surface area contributed by atoms with E-state index in [1.54, 1.807) is 18.7 Å². The molecule has 1 N–H and O–H groups in total. The molecule has 12 heavy (non-hydrogen) atoms. The third kappa shape index (κ3) is 3.45. The molecular weight excluding hydrogens is 174 g/mol. The normalized spacial score (nSPS) is 16.1. The Morgan fingerprint density at radius 2 is 2.08 bits per heavy atom. The Labute approximate surface area is 78.1 Å². The standard InChI is InChI=1S/C8H17NO2S/c1-6(5-12-4)9(3)7(2)8(10)11/h6-7H,5H2,1-4H3,(H,10,11). The largest absolute Gasteiger partial charge is 0.480 e. The van der Waals surface area contributed by atoms with Crippen LogP contribution in [0, 0.1) is 0 Å². The quantitative estimate of drug-likeness (QED) is 0.707. The van der Waals surface area contributed by atoms with Crippen molar-refractivity contribution in [1.29, 1.82) is 0 Å². The van der Waals surface area contributed by atoms with Crippen molar-refractivity contribution in [3.8, 4) is 0 Å². The third-order valence-electron chi connectivity index (χ3n) is 2.07. The summed E-state index contributed by atoms with van der Waals surface area (Å²) in [5.41, 5.74) is 0. The number of hydrogen-bond donors (Lipinski definition) is 1. The molecular formula is C8H17NO2S. The molecule has 2 atom stereocenters. The van der Waals surface area contributed by atoms with Crippen LogP contribution >= 0.6 is 11.8 Å². The van der Waals surface area contributed by atoms with E-state index in [1.165, 1.54) is 0 Å². The van der Waals surface area contributed by atoms with Gasteiger partial charge in [0.15, 0.2) is 0 Å². The fourth-order valence-electron chi connectivity index (χ4n) is 0.915. The van der Waals surface area contributed by atoms with Crippen LogP contribution in [0.5, 0.6) is 0 Å². The fraction of sp³-hybridized carbons (Fsp3) is 0.875. The van der Waals surface area contributed by atoms with Gasteiger partial charge in [-0.2, -0.15) is 11.8 Å². The minimum Gasteiger partial charge on any atom is -0.480 e. The molecule has 0 saturated heterocycles. The molecule has 0 aliphatic carbocycles. The lowest BCUT2D eigenvalue weighted by atomic mass is 10.2. The molecule has 0 radical (unpaired) electrons. The molecule has 72 valence electrons. The average molecular weight is 191 g/mol. The van der Waals surface area contributed by atoms with Crippen LogP contribution in [0.4, 0.5) is 0 Å². The van der Waals surface area contributed by atoms with Crippen molar-refractivity contribution in [3.63, 3.8) is 0 Å². The molecule has 0 amide bonds. The van der Waals surface area contributed by atoms with Gasteiger partial charge in [0.1, 0.15) is 6.04 Å². The van der Waals surface area contributed by atoms with Crippen molar-refractivity contribution in [3.05, 3.63) is 0 Å². The first kappa shape index (κ1) is 11.8. The Bertz CT molecular complexity index is 152. The van der Waals surface area contributed by atoms with E-state index in [2.05, 4.69) is 0 Å². The smallest absolute Gasteiger partial charge is 0.320 e. The number of rotatable bonds is 5. The Morgan fingerprint density at radius 1 is 1.58 bits per heavy atom. The number of thioether (sulfide) groups is 1. The molecule has 0 aliphatic heterocycles. The van der Waals surface area contributed by atoms with Crippen molar-refractivity contribution >= 4 is 17.7 Å². The van der Waals surface area contributed by atoms with Crippen molar-refractivity contribution in [2.45, 2.75) is 25.9 Å². The molecule has 0 spiro atoms. The summed E-state index contributed by atoms with van der Waals surface area (Å²) in [6.45, 7) is 3.75. The second-order valence-corrected chi connectivity index (χ2v) is 3.89. The monoisotopic (exact) mass is 191 g/mol. The summed E-state index contributed by atoms with van der Waals surface area (Å²) in [6, 6.07) is -0.0850. The summed E-state index contributed by atoms with van der Waals surface area (Å²) < 4.78 is 0. The SMILES string of the molecule is CSCC(C)N(C)C(C)C(=O)O. The lowest BCUT2D eigenvalue weighted by Crippen LogP contribution is -2.42. The Morgan fingerprint density at radius 3 is 2.42 bits per heavy atom. The van der Waals surface area contributed by atoms with Crippen LogP contribution < -0.4 is 0 Å². The molecule has 0 aromatic heterocycles. The lowest BCUT2D eigenvalue weighted by Gasteiger charge is -2.27. The number of carbonyl (C=O) groups is 1. The van der Waals surface area contributed by atoms with Gasteiger partial charge in [0, 0.05) is 11.8 Å². The maximum absolute atomic E-state index is 10.6. The van der Waals surface area contributed by atoms with E-state index in [-0.39, 0.29) is 0 Å². The second kappa shape index (κ2) is 5.43. The van der Waals surface area contributed by atoms with Crippen LogP contribution in [-0.2, 0) is 4.79 Å². The third-order valence-corrected chi connectivity index (χ3v) is 2.89. The molecule has 0 aromatic carbocycles. The molecule has 0 rings (SSSR count). The van der Waals surface area contributed by atoms with Crippen molar-refractivity contribution in [2.75, 3.05) is 19.1 Å². The van der Waals surface area contributed by atoms with Crippen LogP contribution in [0.25, 0.3) is 0 Å². The van der Waals surface area contributed by atoms with Gasteiger partial charge in [-0.3, -0.25) is 9.69 Å². The zero-order chi connectivity index (χ0) is 9.72. The zero-order valence-electron chi connectivity index (χ0n) is 8.07. The topological polar surface area (TPSA) is 40.5 Å². The van der Waals surface area contributed by atoms with Gasteiger partial charge in [0.2, 0.25) is 0 Å². The van der Waals surface area contributed by atoms with Crippen LogP contribution in [0.1, 0.15) is 13.8 Å². The van der Waals surface area contributed by atoms with Crippen LogP contribution in [0.2, 0.25) is 0 Å². The van der Waals surface area contributed by atoms with Crippen LogP contribution in [0.15, 0.2) is 0 Å². The molecule has 0 heterocycles. The highest BCUT2D eigenvalue weighted by Gasteiger charge is 2.20. The minimum absolute atomic E-state index is 0.311. The summed E-state index contributed by atoms with van der Waals surface area (Å²) in [5, 5.41) is 8.72. The van der Waals surface area contributed by atoms with E-state index in [4.69, 9.17) is 5.11 Å². The molecule has 4 heteroatoms. The molecule has 0 fully saturated rings.